The number of hydrogen-bond acceptors (Lipinski definition) is 14. The molecule has 21 heteroatoms. The van der Waals surface area contributed by atoms with Crippen molar-refractivity contribution in [2.45, 2.75) is 42.1 Å². The number of aromatic hydroxyl groups is 2. The van der Waals surface area contributed by atoms with Crippen molar-refractivity contribution in [3.8, 4) is 23.0 Å². The molecule has 0 fully saturated rings. The molecule has 0 bridgehead atoms. The number of carboxylic acid groups (broad SMARTS) is 2. The molecule has 2 aromatic carbocycles. The number of pyridine rings is 2. The van der Waals surface area contributed by atoms with E-state index >= 15 is 0 Å². The van der Waals surface area contributed by atoms with Crippen LogP contribution in [-0.4, -0.2) is 118 Å². The Morgan fingerprint density at radius 1 is 0.679 bits per heavy atom. The number of phenolic OH excluding ortho intramolecular Hbond substituents is 2. The Hall–Kier alpha value is -4.86. The second kappa shape index (κ2) is 20.9. The van der Waals surface area contributed by atoms with Crippen LogP contribution in [0, 0.1) is 0 Å². The molecule has 2 atom stereocenters. The van der Waals surface area contributed by atoms with Gasteiger partial charge in [0, 0.05) is 48.7 Å². The molecule has 0 amide bonds. The summed E-state index contributed by atoms with van der Waals surface area (Å²) in [5.41, 5.74) is -0.298. The van der Waals surface area contributed by atoms with Crippen molar-refractivity contribution in [3.63, 3.8) is 0 Å². The molecule has 2 heterocycles. The molecule has 0 saturated carbocycles. The third-order valence-electron chi connectivity index (χ3n) is 7.79. The van der Waals surface area contributed by atoms with Gasteiger partial charge >= 0.3 is 29.0 Å². The van der Waals surface area contributed by atoms with Crippen LogP contribution in [0.5, 0.6) is 23.0 Å². The minimum Gasteiger partial charge on any atom is -0.506 e. The summed E-state index contributed by atoms with van der Waals surface area (Å²) in [4.78, 5) is 33.8. The summed E-state index contributed by atoms with van der Waals surface area (Å²) < 4.78 is 79.3. The van der Waals surface area contributed by atoms with Gasteiger partial charge in [-0.15, -0.1) is 0 Å². The molecule has 0 aliphatic carbocycles. The molecule has 18 nitrogen and oxygen atoms in total. The Bertz CT molecular complexity index is 2010. The summed E-state index contributed by atoms with van der Waals surface area (Å²) in [6.45, 7) is 1.90. The van der Waals surface area contributed by atoms with Crippen LogP contribution in [0.4, 0.5) is 0 Å². The smallest absolute Gasteiger partial charge is 0.506 e. The minimum absolute atomic E-state index is 0. The van der Waals surface area contributed by atoms with Gasteiger partial charge in [0.1, 0.15) is 32.8 Å². The number of methoxy groups -OCH3 is 2. The van der Waals surface area contributed by atoms with Crippen molar-refractivity contribution in [2.24, 2.45) is 0 Å². The fourth-order valence-corrected chi connectivity index (χ4v) is 6.87. The van der Waals surface area contributed by atoms with E-state index in [2.05, 4.69) is 23.8 Å². The Morgan fingerprint density at radius 3 is 1.27 bits per heavy atom. The molecular formula is C35H42MnN4O14S2+2. The zero-order chi connectivity index (χ0) is 41.1. The normalized spacial score (nSPS) is 12.5. The number of carbonyl (C=O) groups is 2. The van der Waals surface area contributed by atoms with Gasteiger partial charge in [-0.25, -0.2) is 0 Å². The quantitative estimate of drug-likeness (QED) is 0.0655. The number of benzene rings is 2. The number of carboxylic acids is 2. The molecule has 0 aliphatic heterocycles. The van der Waals surface area contributed by atoms with E-state index in [9.17, 15) is 56.0 Å². The Kier molecular flexibility index (Phi) is 17.6. The summed E-state index contributed by atoms with van der Waals surface area (Å²) in [6.07, 6.45) is 3.96. The molecule has 4 rings (SSSR count). The van der Waals surface area contributed by atoms with Gasteiger partial charge in [-0.05, 0) is 36.4 Å². The molecule has 1 radical (unpaired) electrons. The van der Waals surface area contributed by atoms with Gasteiger partial charge in [0.2, 0.25) is 0 Å². The van der Waals surface area contributed by atoms with E-state index < -0.39 is 78.6 Å². The van der Waals surface area contributed by atoms with Crippen LogP contribution in [0.3, 0.4) is 0 Å². The maximum absolute atomic E-state index is 12.3. The third-order valence-corrected chi connectivity index (χ3v) is 9.52. The number of hydrogen-bond donors (Lipinski definition) is 6. The fourth-order valence-electron chi connectivity index (χ4n) is 5.62. The average Bonchev–Trinajstić information content (AvgIpc) is 3.11. The average molecular weight is 862 g/mol. The van der Waals surface area contributed by atoms with Crippen molar-refractivity contribution in [1.82, 2.24) is 19.8 Å². The molecule has 303 valence electrons. The van der Waals surface area contributed by atoms with Crippen molar-refractivity contribution < 1.29 is 82.5 Å². The maximum atomic E-state index is 12.3. The number of nitrogens with zero attached hydrogens (tertiary/aromatic N) is 4. The minimum atomic E-state index is -5.05. The monoisotopic (exact) mass is 861 g/mol. The molecule has 4 aromatic rings. The van der Waals surface area contributed by atoms with Crippen molar-refractivity contribution >= 4 is 32.2 Å². The molecular weight excluding hydrogens is 819 g/mol. The fraction of sp³-hybridized carbons (Fsp3) is 0.314. The van der Waals surface area contributed by atoms with E-state index in [0.717, 1.165) is 12.1 Å². The molecule has 2 aromatic heterocycles. The maximum Gasteiger partial charge on any atom is 2.00 e. The summed E-state index contributed by atoms with van der Waals surface area (Å²) >= 11 is 0. The van der Waals surface area contributed by atoms with Crippen LogP contribution in [0.2, 0.25) is 0 Å². The van der Waals surface area contributed by atoms with E-state index in [0.29, 0.717) is 0 Å². The standard InChI is InChI=1S/C32H34N4O14S2.C3H8.Mn/c1-49-19-13-21(31(41)25(15-19)51(43,44)45)29(23-7-3-5-9-33-23)35(17-27(37)38)11-12-36(18-28(39)40)30(24-8-4-6-10-34-24)22-14-20(50-2)16-26(32(22)42)52(46,47)48;1-3-2;/h3-10,13-16,29-30,41-42H,11-12,17-18H2,1-2H3,(H,37,38)(H,39,40)(H,43,44,45)(H,46,47,48);3H2,1-2H3;/q;;+2/t29-,30?;;/m0../s1. The van der Waals surface area contributed by atoms with E-state index in [1.54, 1.807) is 24.3 Å². The Morgan fingerprint density at radius 2 is 1.02 bits per heavy atom. The van der Waals surface area contributed by atoms with Crippen LogP contribution in [0.1, 0.15) is 54.9 Å². The Balaban J connectivity index is 0.00000262. The first-order valence-corrected chi connectivity index (χ1v) is 19.3. The zero-order valence-corrected chi connectivity index (χ0v) is 33.4. The Labute approximate surface area is 334 Å². The molecule has 1 unspecified atom stereocenters. The van der Waals surface area contributed by atoms with E-state index in [-0.39, 0.29) is 64.2 Å². The largest absolute Gasteiger partial charge is 2.00 e. The second-order valence-corrected chi connectivity index (χ2v) is 14.6. The SMILES string of the molecule is CCC.COc1cc(C(c2ccccn2)N(CCN(CC(=O)O)[C@H](c2ccccn2)c2cc(OC)cc(S(=O)(=O)O)c2O)CC(=O)O)c(O)c(S(=O)(=O)O)c1.[Mn+2]. The van der Waals surface area contributed by atoms with Gasteiger partial charge in [0.25, 0.3) is 20.2 Å². The van der Waals surface area contributed by atoms with Gasteiger partial charge < -0.3 is 29.9 Å². The molecule has 0 spiro atoms. The van der Waals surface area contributed by atoms with Gasteiger partial charge in [0.15, 0.2) is 0 Å². The number of aromatic nitrogens is 2. The van der Waals surface area contributed by atoms with E-state index in [4.69, 9.17) is 9.47 Å². The van der Waals surface area contributed by atoms with Crippen molar-refractivity contribution in [1.29, 1.82) is 0 Å². The first-order valence-electron chi connectivity index (χ1n) is 16.4. The van der Waals surface area contributed by atoms with Crippen molar-refractivity contribution in [2.75, 3.05) is 40.4 Å². The number of ether oxygens (including phenoxy) is 2. The molecule has 0 saturated heterocycles. The summed E-state index contributed by atoms with van der Waals surface area (Å²) in [5.74, 6) is -4.95. The van der Waals surface area contributed by atoms with Crippen LogP contribution in [0.15, 0.2) is 82.8 Å². The van der Waals surface area contributed by atoms with Crippen LogP contribution in [0.25, 0.3) is 0 Å². The third kappa shape index (κ3) is 12.3. The van der Waals surface area contributed by atoms with Crippen LogP contribution < -0.4 is 9.47 Å². The summed E-state index contributed by atoms with van der Waals surface area (Å²) in [5, 5.41) is 42.5. The topological polar surface area (TPSA) is 275 Å². The van der Waals surface area contributed by atoms with Crippen LogP contribution >= 0.6 is 0 Å². The van der Waals surface area contributed by atoms with Gasteiger partial charge in [-0.1, -0.05) is 32.4 Å². The van der Waals surface area contributed by atoms with E-state index in [1.807, 2.05) is 0 Å². The summed E-state index contributed by atoms with van der Waals surface area (Å²) in [6, 6.07) is 10.5. The van der Waals surface area contributed by atoms with Gasteiger partial charge in [0.05, 0.1) is 50.8 Å². The number of phenols is 2. The number of aliphatic carboxylic acids is 2. The molecule has 0 aliphatic rings. The first-order chi connectivity index (χ1) is 25.9. The van der Waals surface area contributed by atoms with Gasteiger partial charge in [-0.3, -0.25) is 38.5 Å². The molecule has 56 heavy (non-hydrogen) atoms. The predicted octanol–water partition coefficient (Wildman–Crippen LogP) is 3.46. The first kappa shape index (κ1) is 47.3. The number of rotatable bonds is 17. The second-order valence-electron chi connectivity index (χ2n) is 11.8. The van der Waals surface area contributed by atoms with Crippen molar-refractivity contribution in [3.05, 3.63) is 95.6 Å². The predicted molar refractivity (Wildman–Crippen MR) is 195 cm³/mol. The zero-order valence-electron chi connectivity index (χ0n) is 30.6. The summed E-state index contributed by atoms with van der Waals surface area (Å²) in [7, 11) is -7.71. The van der Waals surface area contributed by atoms with Crippen LogP contribution in [-0.2, 0) is 46.9 Å². The molecule has 6 N–H and O–H groups in total. The van der Waals surface area contributed by atoms with Gasteiger partial charge in [-0.2, -0.15) is 16.8 Å². The van der Waals surface area contributed by atoms with E-state index in [1.165, 1.54) is 67.1 Å².